The van der Waals surface area contributed by atoms with Crippen LogP contribution in [-0.2, 0) is 9.59 Å². The summed E-state index contributed by atoms with van der Waals surface area (Å²) in [6.45, 7) is 0. The summed E-state index contributed by atoms with van der Waals surface area (Å²) in [6, 6.07) is -1.89. The van der Waals surface area contributed by atoms with Crippen molar-refractivity contribution in [3.05, 3.63) is 10.1 Å². The number of hydrogen-bond acceptors (Lipinski definition) is 5. The molecule has 1 rings (SSSR count). The van der Waals surface area contributed by atoms with Gasteiger partial charge < -0.3 is 0 Å². The molecule has 1 aliphatic heterocycles. The molecule has 0 aromatic carbocycles. The van der Waals surface area contributed by atoms with Gasteiger partial charge in [0.1, 0.15) is 0 Å². The lowest BCUT2D eigenvalue weighted by atomic mass is 10.2. The van der Waals surface area contributed by atoms with Crippen molar-refractivity contribution in [3.8, 4) is 0 Å². The summed E-state index contributed by atoms with van der Waals surface area (Å²) in [5, 5.41) is 12.4. The molecule has 1 unspecified atom stereocenters. The first-order valence-electron chi connectivity index (χ1n) is 3.17. The third-order valence-corrected chi connectivity index (χ3v) is 1.91. The average Bonchev–Trinajstić information content (AvgIpc) is 2.02. The van der Waals surface area contributed by atoms with E-state index in [2.05, 4.69) is 10.3 Å². The molecule has 1 heterocycles. The summed E-state index contributed by atoms with van der Waals surface area (Å²) in [4.78, 5) is 34.4. The van der Waals surface area contributed by atoms with E-state index in [0.717, 1.165) is 11.8 Å². The molecule has 1 N–H and O–H groups in total. The minimum Gasteiger partial charge on any atom is -0.299 e. The van der Waals surface area contributed by atoms with Gasteiger partial charge in [0.05, 0.1) is 0 Å². The van der Waals surface area contributed by atoms with E-state index in [-0.39, 0.29) is 5.17 Å². The van der Waals surface area contributed by atoms with Crippen LogP contribution < -0.4 is 5.32 Å². The fourth-order valence-corrected chi connectivity index (χ4v) is 1.14. The molecule has 0 bridgehead atoms. The third-order valence-electron chi connectivity index (χ3n) is 1.33. The number of nitrogens with zero attached hydrogens (tertiary/aromatic N) is 2. The van der Waals surface area contributed by atoms with E-state index in [1.807, 2.05) is 0 Å². The van der Waals surface area contributed by atoms with Gasteiger partial charge >= 0.3 is 17.9 Å². The average molecular weight is 203 g/mol. The lowest BCUT2D eigenvalue weighted by Crippen LogP contribution is -2.50. The first kappa shape index (κ1) is 9.65. The van der Waals surface area contributed by atoms with Crippen molar-refractivity contribution in [2.75, 3.05) is 6.26 Å². The SMILES string of the molecule is CSC1=NC(=O)C([N+](=O)[O-])C(=O)N1. The van der Waals surface area contributed by atoms with E-state index in [4.69, 9.17) is 0 Å². The standard InChI is InChI=1S/C5H5N3O4S/c1-13-5-6-3(9)2(8(11)12)4(10)7-5/h2H,1H3,(H,6,7,9,10). The van der Waals surface area contributed by atoms with E-state index in [1.54, 1.807) is 6.26 Å². The number of carbonyl (C=O) groups is 2. The van der Waals surface area contributed by atoms with Gasteiger partial charge in [-0.05, 0) is 6.26 Å². The molecule has 70 valence electrons. The molecule has 0 fully saturated rings. The van der Waals surface area contributed by atoms with Crippen LogP contribution in [-0.4, -0.2) is 34.2 Å². The molecule has 0 spiro atoms. The maximum absolute atomic E-state index is 10.9. The smallest absolute Gasteiger partial charge is 0.299 e. The normalized spacial score (nSPS) is 22.2. The lowest BCUT2D eigenvalue weighted by molar-refractivity contribution is -0.493. The molecule has 0 aromatic heterocycles. The summed E-state index contributed by atoms with van der Waals surface area (Å²) in [5.41, 5.74) is 0. The van der Waals surface area contributed by atoms with Gasteiger partial charge in [0, 0.05) is 4.92 Å². The Kier molecular flexibility index (Phi) is 2.61. The number of amidine groups is 1. The number of rotatable bonds is 1. The summed E-state index contributed by atoms with van der Waals surface area (Å²) in [5.74, 6) is -1.97. The zero-order valence-corrected chi connectivity index (χ0v) is 7.33. The Morgan fingerprint density at radius 2 is 2.23 bits per heavy atom. The van der Waals surface area contributed by atoms with Crippen LogP contribution in [0.25, 0.3) is 0 Å². The Labute approximate surface area is 76.7 Å². The molecule has 0 saturated carbocycles. The molecule has 2 amide bonds. The molecule has 1 atom stereocenters. The fourth-order valence-electron chi connectivity index (χ4n) is 0.758. The predicted molar refractivity (Wildman–Crippen MR) is 44.9 cm³/mol. The van der Waals surface area contributed by atoms with Crippen molar-refractivity contribution in [2.45, 2.75) is 6.04 Å². The van der Waals surface area contributed by atoms with Crippen LogP contribution in [0, 0.1) is 10.1 Å². The number of nitrogens with one attached hydrogen (secondary N) is 1. The van der Waals surface area contributed by atoms with E-state index in [1.165, 1.54) is 0 Å². The lowest BCUT2D eigenvalue weighted by Gasteiger charge is -2.12. The van der Waals surface area contributed by atoms with Crippen LogP contribution in [0.4, 0.5) is 0 Å². The molecule has 8 heteroatoms. The summed E-state index contributed by atoms with van der Waals surface area (Å²) in [7, 11) is 0. The molecule has 13 heavy (non-hydrogen) atoms. The highest BCUT2D eigenvalue weighted by molar-refractivity contribution is 8.13. The zero-order chi connectivity index (χ0) is 10.0. The Bertz CT molecular complexity index is 313. The molecule has 0 saturated heterocycles. The van der Waals surface area contributed by atoms with Gasteiger partial charge in [-0.15, -0.1) is 0 Å². The van der Waals surface area contributed by atoms with Gasteiger partial charge in [-0.25, -0.2) is 0 Å². The monoisotopic (exact) mass is 203 g/mol. The summed E-state index contributed by atoms with van der Waals surface area (Å²) in [6.07, 6.45) is 1.60. The van der Waals surface area contributed by atoms with E-state index in [0.29, 0.717) is 0 Å². The highest BCUT2D eigenvalue weighted by Gasteiger charge is 2.41. The van der Waals surface area contributed by atoms with E-state index in [9.17, 15) is 19.7 Å². The topological polar surface area (TPSA) is 102 Å². The second kappa shape index (κ2) is 3.52. The molecule has 0 aromatic rings. The fraction of sp³-hybridized carbons (Fsp3) is 0.400. The Morgan fingerprint density at radius 3 is 2.62 bits per heavy atom. The number of hydrogen-bond donors (Lipinski definition) is 1. The molecule has 7 nitrogen and oxygen atoms in total. The predicted octanol–water partition coefficient (Wildman–Crippen LogP) is -0.993. The maximum atomic E-state index is 10.9. The second-order valence-corrected chi connectivity index (χ2v) is 2.93. The molecule has 1 aliphatic rings. The van der Waals surface area contributed by atoms with Crippen LogP contribution in [0.5, 0.6) is 0 Å². The van der Waals surface area contributed by atoms with Gasteiger partial charge in [0.25, 0.3) is 0 Å². The van der Waals surface area contributed by atoms with Crippen LogP contribution >= 0.6 is 11.8 Å². The number of amides is 2. The molecule has 0 radical (unpaired) electrons. The Morgan fingerprint density at radius 1 is 1.62 bits per heavy atom. The van der Waals surface area contributed by atoms with Crippen molar-refractivity contribution in [3.63, 3.8) is 0 Å². The van der Waals surface area contributed by atoms with Crippen LogP contribution in [0.2, 0.25) is 0 Å². The Hall–Kier alpha value is -1.44. The highest BCUT2D eigenvalue weighted by atomic mass is 32.2. The quantitative estimate of drug-likeness (QED) is 0.335. The van der Waals surface area contributed by atoms with Crippen LogP contribution in [0.15, 0.2) is 4.99 Å². The van der Waals surface area contributed by atoms with Crippen molar-refractivity contribution in [2.24, 2.45) is 4.99 Å². The highest BCUT2D eigenvalue weighted by Crippen LogP contribution is 2.05. The Balaban J connectivity index is 2.95. The van der Waals surface area contributed by atoms with Crippen LogP contribution in [0.1, 0.15) is 0 Å². The van der Waals surface area contributed by atoms with Crippen LogP contribution in [0.3, 0.4) is 0 Å². The van der Waals surface area contributed by atoms with Gasteiger partial charge in [-0.3, -0.25) is 25.0 Å². The number of thioether (sulfide) groups is 1. The first-order valence-corrected chi connectivity index (χ1v) is 4.39. The van der Waals surface area contributed by atoms with E-state index < -0.39 is 22.8 Å². The largest absolute Gasteiger partial charge is 0.368 e. The molecular formula is C5H5N3O4S. The number of carbonyl (C=O) groups excluding carboxylic acids is 2. The van der Waals surface area contributed by atoms with Crippen molar-refractivity contribution in [1.82, 2.24) is 5.32 Å². The minimum atomic E-state index is -1.89. The molecule has 0 aliphatic carbocycles. The van der Waals surface area contributed by atoms with Gasteiger partial charge in [-0.2, -0.15) is 4.99 Å². The maximum Gasteiger partial charge on any atom is 0.368 e. The summed E-state index contributed by atoms with van der Waals surface area (Å²) < 4.78 is 0. The minimum absolute atomic E-state index is 0.0908. The van der Waals surface area contributed by atoms with Crippen molar-refractivity contribution >= 4 is 28.7 Å². The van der Waals surface area contributed by atoms with Crippen molar-refractivity contribution < 1.29 is 14.5 Å². The van der Waals surface area contributed by atoms with Gasteiger partial charge in [-0.1, -0.05) is 11.8 Å². The second-order valence-electron chi connectivity index (χ2n) is 2.14. The van der Waals surface area contributed by atoms with E-state index >= 15 is 0 Å². The van der Waals surface area contributed by atoms with Gasteiger partial charge in [0.2, 0.25) is 0 Å². The molecular weight excluding hydrogens is 198 g/mol. The third kappa shape index (κ3) is 1.83. The number of aliphatic imine (C=N–C) groups is 1. The first-order chi connectivity index (χ1) is 6.06. The van der Waals surface area contributed by atoms with Crippen molar-refractivity contribution in [1.29, 1.82) is 0 Å². The summed E-state index contributed by atoms with van der Waals surface area (Å²) >= 11 is 1.04. The number of nitro groups is 1. The van der Waals surface area contributed by atoms with Gasteiger partial charge in [0.15, 0.2) is 5.17 Å². The zero-order valence-electron chi connectivity index (χ0n) is 6.51.